The van der Waals surface area contributed by atoms with Crippen molar-refractivity contribution in [2.45, 2.75) is 12.8 Å². The number of allylic oxidation sites excluding steroid dienone is 1. The molecule has 2 rings (SSSR count). The second kappa shape index (κ2) is 5.47. The van der Waals surface area contributed by atoms with E-state index in [2.05, 4.69) is 54.6 Å². The van der Waals surface area contributed by atoms with Crippen molar-refractivity contribution in [3.8, 4) is 0 Å². The fourth-order valence-electron chi connectivity index (χ4n) is 1.74. The zero-order chi connectivity index (χ0) is 11.2. The summed E-state index contributed by atoms with van der Waals surface area (Å²) in [5.41, 5.74) is 1.22. The molecule has 1 N–H and O–H groups in total. The van der Waals surface area contributed by atoms with Gasteiger partial charge in [0, 0.05) is 6.61 Å². The third-order valence-electron chi connectivity index (χ3n) is 2.61. The fourth-order valence-corrected chi connectivity index (χ4v) is 1.74. The van der Waals surface area contributed by atoms with Crippen molar-refractivity contribution in [2.75, 3.05) is 6.61 Å². The highest BCUT2D eigenvalue weighted by Gasteiger charge is 1.92. The lowest BCUT2D eigenvalue weighted by Gasteiger charge is -1.99. The van der Waals surface area contributed by atoms with E-state index in [-0.39, 0.29) is 6.61 Å². The van der Waals surface area contributed by atoms with Crippen molar-refractivity contribution in [1.82, 2.24) is 0 Å². The summed E-state index contributed by atoms with van der Waals surface area (Å²) in [6, 6.07) is 14.8. The first-order valence-corrected chi connectivity index (χ1v) is 5.66. The molecule has 0 atom stereocenters. The second-order valence-electron chi connectivity index (χ2n) is 3.87. The van der Waals surface area contributed by atoms with Gasteiger partial charge >= 0.3 is 0 Å². The Morgan fingerprint density at radius 3 is 2.62 bits per heavy atom. The maximum Gasteiger partial charge on any atom is 0.0433 e. The molecule has 0 spiro atoms. The Hall–Kier alpha value is -1.60. The lowest BCUT2D eigenvalue weighted by atomic mass is 10.1. The summed E-state index contributed by atoms with van der Waals surface area (Å²) in [4.78, 5) is 0. The van der Waals surface area contributed by atoms with Gasteiger partial charge < -0.3 is 5.11 Å². The minimum Gasteiger partial charge on any atom is -0.396 e. The lowest BCUT2D eigenvalue weighted by Crippen LogP contribution is -1.79. The summed E-state index contributed by atoms with van der Waals surface area (Å²) in [7, 11) is 0. The third-order valence-corrected chi connectivity index (χ3v) is 2.61. The van der Waals surface area contributed by atoms with Crippen molar-refractivity contribution >= 4 is 16.8 Å². The van der Waals surface area contributed by atoms with E-state index >= 15 is 0 Å². The van der Waals surface area contributed by atoms with Crippen LogP contribution in [0.15, 0.2) is 48.5 Å². The SMILES string of the molecule is OCCC/C=C\c1ccc2ccccc2c1. The number of fused-ring (bicyclic) bond motifs is 1. The Morgan fingerprint density at radius 1 is 1.00 bits per heavy atom. The van der Waals surface area contributed by atoms with E-state index in [0.29, 0.717) is 0 Å². The molecule has 0 amide bonds. The average molecular weight is 212 g/mol. The van der Waals surface area contributed by atoms with Gasteiger partial charge in [0.05, 0.1) is 0 Å². The van der Waals surface area contributed by atoms with Gasteiger partial charge in [-0.1, -0.05) is 48.6 Å². The van der Waals surface area contributed by atoms with E-state index in [9.17, 15) is 0 Å². The van der Waals surface area contributed by atoms with Crippen LogP contribution in [-0.2, 0) is 0 Å². The first-order valence-electron chi connectivity index (χ1n) is 5.66. The van der Waals surface area contributed by atoms with E-state index in [1.165, 1.54) is 16.3 Å². The molecule has 1 heteroatoms. The first-order chi connectivity index (χ1) is 7.90. The van der Waals surface area contributed by atoms with Crippen molar-refractivity contribution in [2.24, 2.45) is 0 Å². The topological polar surface area (TPSA) is 20.2 Å². The maximum absolute atomic E-state index is 8.67. The van der Waals surface area contributed by atoms with Gasteiger partial charge in [0.15, 0.2) is 0 Å². The number of aliphatic hydroxyl groups is 1. The van der Waals surface area contributed by atoms with Gasteiger partial charge in [-0.15, -0.1) is 0 Å². The monoisotopic (exact) mass is 212 g/mol. The van der Waals surface area contributed by atoms with Crippen LogP contribution >= 0.6 is 0 Å². The van der Waals surface area contributed by atoms with E-state index in [1.54, 1.807) is 0 Å². The summed E-state index contributed by atoms with van der Waals surface area (Å²) in [6.45, 7) is 0.266. The van der Waals surface area contributed by atoms with Gasteiger partial charge in [-0.05, 0) is 35.2 Å². The van der Waals surface area contributed by atoms with Crippen LogP contribution in [-0.4, -0.2) is 11.7 Å². The molecule has 0 aromatic heterocycles. The number of hydrogen-bond acceptors (Lipinski definition) is 1. The third kappa shape index (κ3) is 2.71. The standard InChI is InChI=1S/C15H16O/c16-11-5-1-2-6-13-9-10-14-7-3-4-8-15(14)12-13/h2-4,6-10,12,16H,1,5,11H2/b6-2-. The molecule has 0 heterocycles. The molecule has 0 aliphatic carbocycles. The molecule has 0 aliphatic rings. The number of hydrogen-bond donors (Lipinski definition) is 1. The Bertz CT molecular complexity index is 486. The summed E-state index contributed by atoms with van der Waals surface area (Å²) >= 11 is 0. The Kier molecular flexibility index (Phi) is 3.73. The molecular weight excluding hydrogens is 196 g/mol. The molecule has 0 radical (unpaired) electrons. The molecule has 0 saturated heterocycles. The molecule has 2 aromatic carbocycles. The van der Waals surface area contributed by atoms with Crippen molar-refractivity contribution < 1.29 is 5.11 Å². The van der Waals surface area contributed by atoms with Gasteiger partial charge in [0.1, 0.15) is 0 Å². The molecule has 82 valence electrons. The van der Waals surface area contributed by atoms with Crippen LogP contribution in [0.4, 0.5) is 0 Å². The molecule has 0 fully saturated rings. The van der Waals surface area contributed by atoms with E-state index in [1.807, 2.05) is 0 Å². The average Bonchev–Trinajstić information content (AvgIpc) is 2.34. The predicted molar refractivity (Wildman–Crippen MR) is 69.3 cm³/mol. The van der Waals surface area contributed by atoms with Crippen LogP contribution in [0.3, 0.4) is 0 Å². The van der Waals surface area contributed by atoms with Crippen LogP contribution in [0.25, 0.3) is 16.8 Å². The van der Waals surface area contributed by atoms with Gasteiger partial charge in [0.25, 0.3) is 0 Å². The van der Waals surface area contributed by atoms with Crippen LogP contribution in [0.2, 0.25) is 0 Å². The lowest BCUT2D eigenvalue weighted by molar-refractivity contribution is 0.290. The second-order valence-corrected chi connectivity index (χ2v) is 3.87. The highest BCUT2D eigenvalue weighted by molar-refractivity contribution is 5.84. The van der Waals surface area contributed by atoms with Crippen LogP contribution in [0, 0.1) is 0 Å². The largest absolute Gasteiger partial charge is 0.396 e. The first kappa shape index (κ1) is 10.9. The summed E-state index contributed by atoms with van der Waals surface area (Å²) < 4.78 is 0. The van der Waals surface area contributed by atoms with Crippen molar-refractivity contribution in [3.63, 3.8) is 0 Å². The molecular formula is C15H16O. The summed E-state index contributed by atoms with van der Waals surface area (Å²) in [5.74, 6) is 0. The van der Waals surface area contributed by atoms with Crippen LogP contribution < -0.4 is 0 Å². The normalized spacial score (nSPS) is 11.3. The molecule has 0 aliphatic heterocycles. The van der Waals surface area contributed by atoms with Crippen molar-refractivity contribution in [1.29, 1.82) is 0 Å². The number of benzene rings is 2. The van der Waals surface area contributed by atoms with E-state index in [4.69, 9.17) is 5.11 Å². The van der Waals surface area contributed by atoms with Crippen LogP contribution in [0.5, 0.6) is 0 Å². The smallest absolute Gasteiger partial charge is 0.0433 e. The predicted octanol–water partition coefficient (Wildman–Crippen LogP) is 3.63. The minimum absolute atomic E-state index is 0.266. The Balaban J connectivity index is 2.16. The van der Waals surface area contributed by atoms with E-state index < -0.39 is 0 Å². The quantitative estimate of drug-likeness (QED) is 0.767. The molecule has 0 saturated carbocycles. The van der Waals surface area contributed by atoms with Gasteiger partial charge in [0.2, 0.25) is 0 Å². The van der Waals surface area contributed by atoms with Crippen molar-refractivity contribution in [3.05, 3.63) is 54.1 Å². The zero-order valence-electron chi connectivity index (χ0n) is 9.26. The molecule has 0 unspecified atom stereocenters. The van der Waals surface area contributed by atoms with Gasteiger partial charge in [-0.2, -0.15) is 0 Å². The van der Waals surface area contributed by atoms with Gasteiger partial charge in [-0.3, -0.25) is 0 Å². The Morgan fingerprint density at radius 2 is 1.81 bits per heavy atom. The molecule has 1 nitrogen and oxygen atoms in total. The highest BCUT2D eigenvalue weighted by atomic mass is 16.2. The number of rotatable bonds is 4. The van der Waals surface area contributed by atoms with Crippen LogP contribution in [0.1, 0.15) is 18.4 Å². The Labute approximate surface area is 96.0 Å². The molecule has 0 bridgehead atoms. The molecule has 2 aromatic rings. The molecule has 16 heavy (non-hydrogen) atoms. The summed E-state index contributed by atoms with van der Waals surface area (Å²) in [6.07, 6.45) is 6.00. The zero-order valence-corrected chi connectivity index (χ0v) is 9.26. The van der Waals surface area contributed by atoms with E-state index in [0.717, 1.165) is 12.8 Å². The van der Waals surface area contributed by atoms with Gasteiger partial charge in [-0.25, -0.2) is 0 Å². The summed E-state index contributed by atoms with van der Waals surface area (Å²) in [5, 5.41) is 11.2. The highest BCUT2D eigenvalue weighted by Crippen LogP contribution is 2.16. The minimum atomic E-state index is 0.266. The number of aliphatic hydroxyl groups excluding tert-OH is 1. The fraction of sp³-hybridized carbons (Fsp3) is 0.200. The maximum atomic E-state index is 8.67. The number of unbranched alkanes of at least 4 members (excludes halogenated alkanes) is 1.